The largest absolute Gasteiger partial charge is 0.462 e. The molecule has 1 heterocycles. The van der Waals surface area contributed by atoms with Gasteiger partial charge in [0.15, 0.2) is 5.16 Å². The molecule has 0 unspecified atom stereocenters. The number of ether oxygens (including phenoxy) is 1. The predicted molar refractivity (Wildman–Crippen MR) is 138 cm³/mol. The highest BCUT2D eigenvalue weighted by atomic mass is 32.2. The van der Waals surface area contributed by atoms with Gasteiger partial charge in [0.2, 0.25) is 5.91 Å². The number of amides is 1. The lowest BCUT2D eigenvalue weighted by molar-refractivity contribution is -0.113. The van der Waals surface area contributed by atoms with Crippen molar-refractivity contribution in [2.75, 3.05) is 17.7 Å². The SMILES string of the molecule is C=CCn1c(CSCc2ccc(C)cc2)nnc1SCC(=O)Nc1ccc(C(=O)OCC)cc1. The molecule has 0 atom stereocenters. The number of esters is 1. The summed E-state index contributed by atoms with van der Waals surface area (Å²) < 4.78 is 6.95. The first-order chi connectivity index (χ1) is 16.5. The van der Waals surface area contributed by atoms with E-state index in [1.165, 1.54) is 22.9 Å². The lowest BCUT2D eigenvalue weighted by Gasteiger charge is -2.09. The van der Waals surface area contributed by atoms with Crippen LogP contribution in [-0.4, -0.2) is 39.0 Å². The highest BCUT2D eigenvalue weighted by Crippen LogP contribution is 2.22. The first kappa shape index (κ1) is 25.6. The first-order valence-electron chi connectivity index (χ1n) is 10.9. The number of anilines is 1. The zero-order valence-corrected chi connectivity index (χ0v) is 21.0. The van der Waals surface area contributed by atoms with Gasteiger partial charge in [-0.15, -0.1) is 28.5 Å². The van der Waals surface area contributed by atoms with Gasteiger partial charge in [-0.2, -0.15) is 0 Å². The van der Waals surface area contributed by atoms with Gasteiger partial charge in [0.05, 0.1) is 23.7 Å². The Morgan fingerprint density at radius 1 is 1.09 bits per heavy atom. The molecule has 0 radical (unpaired) electrons. The van der Waals surface area contributed by atoms with Crippen LogP contribution in [0.3, 0.4) is 0 Å². The molecule has 2 aromatic carbocycles. The van der Waals surface area contributed by atoms with E-state index in [-0.39, 0.29) is 17.6 Å². The lowest BCUT2D eigenvalue weighted by Crippen LogP contribution is -2.15. The van der Waals surface area contributed by atoms with E-state index in [9.17, 15) is 9.59 Å². The molecule has 178 valence electrons. The molecule has 0 spiro atoms. The van der Waals surface area contributed by atoms with Crippen LogP contribution >= 0.6 is 23.5 Å². The average Bonchev–Trinajstić information content (AvgIpc) is 3.21. The minimum atomic E-state index is -0.384. The zero-order valence-electron chi connectivity index (χ0n) is 19.3. The van der Waals surface area contributed by atoms with Crippen molar-refractivity contribution >= 4 is 41.1 Å². The van der Waals surface area contributed by atoms with Crippen molar-refractivity contribution in [1.82, 2.24) is 14.8 Å². The Hall–Kier alpha value is -3.04. The number of nitrogens with one attached hydrogen (secondary N) is 1. The normalized spacial score (nSPS) is 10.6. The standard InChI is InChI=1S/C25H28N4O3S2/c1-4-14-29-22(16-33-15-19-8-6-18(3)7-9-19)27-28-25(29)34-17-23(30)26-21-12-10-20(11-13-21)24(31)32-5-2/h4,6-13H,1,5,14-17H2,2-3H3,(H,26,30). The summed E-state index contributed by atoms with van der Waals surface area (Å²) in [5, 5.41) is 12.1. The van der Waals surface area contributed by atoms with E-state index in [1.54, 1.807) is 49.0 Å². The maximum Gasteiger partial charge on any atom is 0.338 e. The number of rotatable bonds is 12. The molecule has 1 N–H and O–H groups in total. The number of hydrogen-bond donors (Lipinski definition) is 1. The van der Waals surface area contributed by atoms with Gasteiger partial charge in [0.25, 0.3) is 0 Å². The molecule has 1 amide bonds. The molecule has 34 heavy (non-hydrogen) atoms. The Kier molecular flexibility index (Phi) is 9.78. The number of aryl methyl sites for hydroxylation is 1. The van der Waals surface area contributed by atoms with Gasteiger partial charge in [-0.25, -0.2) is 4.79 Å². The van der Waals surface area contributed by atoms with Gasteiger partial charge in [-0.1, -0.05) is 47.7 Å². The van der Waals surface area contributed by atoms with Crippen molar-refractivity contribution in [3.05, 3.63) is 83.7 Å². The molecule has 9 heteroatoms. The van der Waals surface area contributed by atoms with Crippen LogP contribution in [0.15, 0.2) is 66.3 Å². The Morgan fingerprint density at radius 3 is 2.50 bits per heavy atom. The Bertz CT molecular complexity index is 1110. The molecule has 3 rings (SSSR count). The van der Waals surface area contributed by atoms with Crippen LogP contribution in [0.1, 0.15) is 34.2 Å². The second-order valence-corrected chi connectivity index (χ2v) is 9.34. The van der Waals surface area contributed by atoms with Crippen LogP contribution in [0, 0.1) is 6.92 Å². The highest BCUT2D eigenvalue weighted by molar-refractivity contribution is 7.99. The third-order valence-corrected chi connectivity index (χ3v) is 6.70. The van der Waals surface area contributed by atoms with Crippen LogP contribution in [0.4, 0.5) is 5.69 Å². The van der Waals surface area contributed by atoms with E-state index in [0.717, 1.165) is 11.6 Å². The molecular weight excluding hydrogens is 468 g/mol. The molecule has 3 aromatic rings. The Balaban J connectivity index is 1.52. The second-order valence-electron chi connectivity index (χ2n) is 7.41. The van der Waals surface area contributed by atoms with Crippen molar-refractivity contribution in [1.29, 1.82) is 0 Å². The maximum absolute atomic E-state index is 12.4. The smallest absolute Gasteiger partial charge is 0.338 e. The summed E-state index contributed by atoms with van der Waals surface area (Å²) in [5.74, 6) is 2.10. The fraction of sp³-hybridized carbons (Fsp3) is 0.280. The highest BCUT2D eigenvalue weighted by Gasteiger charge is 2.14. The summed E-state index contributed by atoms with van der Waals surface area (Å²) in [6.45, 7) is 8.56. The maximum atomic E-state index is 12.4. The summed E-state index contributed by atoms with van der Waals surface area (Å²) in [4.78, 5) is 24.2. The van der Waals surface area contributed by atoms with Gasteiger partial charge in [-0.3, -0.25) is 4.79 Å². The summed E-state index contributed by atoms with van der Waals surface area (Å²) in [7, 11) is 0. The molecule has 1 aromatic heterocycles. The number of carbonyl (C=O) groups excluding carboxylic acids is 2. The van der Waals surface area contributed by atoms with Crippen molar-refractivity contribution < 1.29 is 14.3 Å². The summed E-state index contributed by atoms with van der Waals surface area (Å²) >= 11 is 3.10. The predicted octanol–water partition coefficient (Wildman–Crippen LogP) is 5.11. The Morgan fingerprint density at radius 2 is 1.82 bits per heavy atom. The van der Waals surface area contributed by atoms with E-state index in [1.807, 2.05) is 4.57 Å². The number of aromatic nitrogens is 3. The van der Waals surface area contributed by atoms with Crippen molar-refractivity contribution in [3.63, 3.8) is 0 Å². The molecule has 0 bridgehead atoms. The molecule has 0 saturated heterocycles. The molecule has 0 aliphatic carbocycles. The molecule has 0 fully saturated rings. The van der Waals surface area contributed by atoms with E-state index < -0.39 is 0 Å². The first-order valence-corrected chi connectivity index (χ1v) is 13.0. The van der Waals surface area contributed by atoms with Crippen LogP contribution in [0.25, 0.3) is 0 Å². The van der Waals surface area contributed by atoms with Crippen LogP contribution in [-0.2, 0) is 27.6 Å². The second kappa shape index (κ2) is 13.0. The molecule has 0 aliphatic heterocycles. The number of allylic oxidation sites excluding steroid dienone is 1. The van der Waals surface area contributed by atoms with Gasteiger partial charge in [0.1, 0.15) is 5.82 Å². The quantitative estimate of drug-likeness (QED) is 0.212. The van der Waals surface area contributed by atoms with Crippen LogP contribution < -0.4 is 5.32 Å². The third-order valence-electron chi connectivity index (χ3n) is 4.74. The van der Waals surface area contributed by atoms with Crippen molar-refractivity contribution in [3.8, 4) is 0 Å². The van der Waals surface area contributed by atoms with Crippen molar-refractivity contribution in [2.45, 2.75) is 37.1 Å². The topological polar surface area (TPSA) is 86.1 Å². The van der Waals surface area contributed by atoms with E-state index in [0.29, 0.717) is 35.3 Å². The Labute approximate surface area is 208 Å². The van der Waals surface area contributed by atoms with E-state index >= 15 is 0 Å². The van der Waals surface area contributed by atoms with Crippen molar-refractivity contribution in [2.24, 2.45) is 0 Å². The minimum Gasteiger partial charge on any atom is -0.462 e. The van der Waals surface area contributed by atoms with Gasteiger partial charge in [-0.05, 0) is 43.7 Å². The van der Waals surface area contributed by atoms with Gasteiger partial charge < -0.3 is 14.6 Å². The summed E-state index contributed by atoms with van der Waals surface area (Å²) in [5.41, 5.74) is 3.57. The zero-order chi connectivity index (χ0) is 24.3. The number of nitrogens with zero attached hydrogens (tertiary/aromatic N) is 3. The number of hydrogen-bond acceptors (Lipinski definition) is 7. The fourth-order valence-electron chi connectivity index (χ4n) is 3.02. The molecule has 0 aliphatic rings. The fourth-order valence-corrected chi connectivity index (χ4v) is 4.71. The minimum absolute atomic E-state index is 0.169. The van der Waals surface area contributed by atoms with Crippen LogP contribution in [0.5, 0.6) is 0 Å². The summed E-state index contributed by atoms with van der Waals surface area (Å²) in [6, 6.07) is 15.1. The monoisotopic (exact) mass is 496 g/mol. The third kappa shape index (κ3) is 7.50. The van der Waals surface area contributed by atoms with Gasteiger partial charge >= 0.3 is 5.97 Å². The van der Waals surface area contributed by atoms with E-state index in [2.05, 4.69) is 53.3 Å². The summed E-state index contributed by atoms with van der Waals surface area (Å²) in [6.07, 6.45) is 1.80. The molecule has 7 nitrogen and oxygen atoms in total. The molecular formula is C25H28N4O3S2. The lowest BCUT2D eigenvalue weighted by atomic mass is 10.2. The number of thioether (sulfide) groups is 2. The number of benzene rings is 2. The van der Waals surface area contributed by atoms with E-state index in [4.69, 9.17) is 4.74 Å². The number of carbonyl (C=O) groups is 2. The average molecular weight is 497 g/mol. The van der Waals surface area contributed by atoms with Gasteiger partial charge in [0, 0.05) is 18.0 Å². The molecule has 0 saturated carbocycles. The van der Waals surface area contributed by atoms with Crippen LogP contribution in [0.2, 0.25) is 0 Å².